The van der Waals surface area contributed by atoms with Gasteiger partial charge in [-0.1, -0.05) is 49.9 Å². The third-order valence-electron chi connectivity index (χ3n) is 6.11. The lowest BCUT2D eigenvalue weighted by Gasteiger charge is -2.20. The van der Waals surface area contributed by atoms with Crippen LogP contribution in [0.2, 0.25) is 5.02 Å². The number of aromatic nitrogens is 2. The molecular weight excluding hydrogens is 436 g/mol. The molecule has 4 rings (SSSR count). The number of hydrogen-bond donors (Lipinski definition) is 1. The van der Waals surface area contributed by atoms with Gasteiger partial charge >= 0.3 is 0 Å². The minimum Gasteiger partial charge on any atom is -0.482 e. The first-order chi connectivity index (χ1) is 16.1. The predicted molar refractivity (Wildman–Crippen MR) is 134 cm³/mol. The molecule has 176 valence electrons. The van der Waals surface area contributed by atoms with Gasteiger partial charge in [-0.05, 0) is 62.7 Å². The highest BCUT2D eigenvalue weighted by Gasteiger charge is 2.16. The van der Waals surface area contributed by atoms with Crippen molar-refractivity contribution in [3.05, 3.63) is 53.3 Å². The minimum atomic E-state index is -0.232. The summed E-state index contributed by atoms with van der Waals surface area (Å²) in [6.07, 6.45) is 7.44. The Labute approximate surface area is 200 Å². The van der Waals surface area contributed by atoms with Crippen molar-refractivity contribution in [3.63, 3.8) is 0 Å². The molecule has 1 saturated heterocycles. The summed E-state index contributed by atoms with van der Waals surface area (Å²) in [4.78, 5) is 19.9. The molecule has 7 heteroatoms. The van der Waals surface area contributed by atoms with Crippen LogP contribution >= 0.6 is 11.6 Å². The molecule has 0 saturated carbocycles. The molecule has 1 N–H and O–H groups in total. The zero-order valence-electron chi connectivity index (χ0n) is 19.4. The maximum absolute atomic E-state index is 12.4. The van der Waals surface area contributed by atoms with Gasteiger partial charge in [-0.2, -0.15) is 0 Å². The molecule has 0 aliphatic carbocycles. The molecule has 2 aromatic carbocycles. The second-order valence-electron chi connectivity index (χ2n) is 8.69. The van der Waals surface area contributed by atoms with Crippen LogP contribution in [0.1, 0.15) is 51.3 Å². The number of fused-ring (bicyclic) bond motifs is 1. The fourth-order valence-electron chi connectivity index (χ4n) is 4.34. The fraction of sp³-hybridized carbons (Fsp3) is 0.462. The van der Waals surface area contributed by atoms with Crippen LogP contribution in [0.3, 0.4) is 0 Å². The number of hydrogen-bond acceptors (Lipinski definition) is 4. The Balaban J connectivity index is 1.47. The first-order valence-corrected chi connectivity index (χ1v) is 12.4. The summed E-state index contributed by atoms with van der Waals surface area (Å²) in [5.74, 6) is 1.38. The number of aryl methyl sites for hydroxylation is 1. The van der Waals surface area contributed by atoms with Crippen LogP contribution in [-0.4, -0.2) is 40.1 Å². The normalized spacial score (nSPS) is 14.8. The second-order valence-corrected chi connectivity index (χ2v) is 9.10. The van der Waals surface area contributed by atoms with E-state index in [1.165, 1.54) is 25.7 Å². The Bertz CT molecular complexity index is 1070. The van der Waals surface area contributed by atoms with E-state index in [0.29, 0.717) is 10.8 Å². The molecule has 1 amide bonds. The average molecular weight is 469 g/mol. The molecule has 0 spiro atoms. The number of nitrogens with zero attached hydrogens (tertiary/aromatic N) is 3. The number of nitrogens with one attached hydrogen (secondary N) is 1. The van der Waals surface area contributed by atoms with Gasteiger partial charge in [0.2, 0.25) is 0 Å². The van der Waals surface area contributed by atoms with Crippen molar-refractivity contribution in [1.29, 1.82) is 0 Å². The summed E-state index contributed by atoms with van der Waals surface area (Å²) in [5, 5.41) is 3.41. The van der Waals surface area contributed by atoms with Crippen molar-refractivity contribution in [1.82, 2.24) is 14.5 Å². The number of para-hydroxylation sites is 1. The van der Waals surface area contributed by atoms with E-state index in [9.17, 15) is 4.79 Å². The van der Waals surface area contributed by atoms with Crippen molar-refractivity contribution in [3.8, 4) is 5.75 Å². The van der Waals surface area contributed by atoms with Gasteiger partial charge in [-0.25, -0.2) is 4.98 Å². The number of carbonyl (C=O) groups excluding carboxylic acids is 1. The Morgan fingerprint density at radius 3 is 2.67 bits per heavy atom. The molecule has 0 bridgehead atoms. The zero-order chi connectivity index (χ0) is 23.0. The second kappa shape index (κ2) is 11.5. The number of rotatable bonds is 9. The van der Waals surface area contributed by atoms with Crippen LogP contribution in [-0.2, 0) is 17.9 Å². The van der Waals surface area contributed by atoms with Gasteiger partial charge in [-0.15, -0.1) is 0 Å². The van der Waals surface area contributed by atoms with E-state index in [1.54, 1.807) is 12.1 Å². The largest absolute Gasteiger partial charge is 0.482 e. The van der Waals surface area contributed by atoms with Gasteiger partial charge < -0.3 is 14.6 Å². The van der Waals surface area contributed by atoms with E-state index >= 15 is 0 Å². The van der Waals surface area contributed by atoms with Crippen LogP contribution in [0.25, 0.3) is 11.0 Å². The molecule has 0 unspecified atom stereocenters. The van der Waals surface area contributed by atoms with E-state index in [4.69, 9.17) is 21.3 Å². The van der Waals surface area contributed by atoms with Crippen LogP contribution in [0.5, 0.6) is 5.75 Å². The Morgan fingerprint density at radius 1 is 1.12 bits per heavy atom. The van der Waals surface area contributed by atoms with Gasteiger partial charge in [-0.3, -0.25) is 9.69 Å². The number of halogens is 1. The Hall–Kier alpha value is -2.57. The minimum absolute atomic E-state index is 0.104. The number of imidazole rings is 1. The summed E-state index contributed by atoms with van der Waals surface area (Å²) in [5.41, 5.74) is 2.76. The summed E-state index contributed by atoms with van der Waals surface area (Å²) in [7, 11) is 0. The number of benzene rings is 2. The SMILES string of the molecule is CCCCn1c(CN2CCCCCC2)nc2cc(NC(=O)COc3ccccc3Cl)ccc21. The highest BCUT2D eigenvalue weighted by molar-refractivity contribution is 6.32. The van der Waals surface area contributed by atoms with Gasteiger partial charge in [0.25, 0.3) is 5.91 Å². The number of anilines is 1. The molecule has 0 atom stereocenters. The maximum atomic E-state index is 12.4. The standard InChI is InChI=1S/C26H33ClN4O2/c1-2-3-16-31-23-13-12-20(28-26(32)19-33-24-11-7-6-10-21(24)27)17-22(23)29-25(31)18-30-14-8-4-5-9-15-30/h6-7,10-13,17H,2-5,8-9,14-16,18-19H2,1H3,(H,28,32). The molecule has 1 aliphatic rings. The number of carbonyl (C=O) groups is 1. The van der Waals surface area contributed by atoms with Crippen LogP contribution in [0.15, 0.2) is 42.5 Å². The van der Waals surface area contributed by atoms with Gasteiger partial charge in [0.05, 0.1) is 22.6 Å². The highest BCUT2D eigenvalue weighted by Crippen LogP contribution is 2.25. The average Bonchev–Trinajstić information content (AvgIpc) is 2.95. The lowest BCUT2D eigenvalue weighted by Crippen LogP contribution is -2.26. The topological polar surface area (TPSA) is 59.4 Å². The summed E-state index contributed by atoms with van der Waals surface area (Å²) < 4.78 is 7.91. The van der Waals surface area contributed by atoms with E-state index in [-0.39, 0.29) is 12.5 Å². The molecule has 1 aliphatic heterocycles. The molecule has 0 radical (unpaired) electrons. The van der Waals surface area contributed by atoms with E-state index in [0.717, 1.165) is 61.6 Å². The third-order valence-corrected chi connectivity index (χ3v) is 6.42. The molecule has 1 aromatic heterocycles. The van der Waals surface area contributed by atoms with E-state index in [1.807, 2.05) is 24.3 Å². The molecule has 6 nitrogen and oxygen atoms in total. The molecule has 3 aromatic rings. The van der Waals surface area contributed by atoms with E-state index in [2.05, 4.69) is 27.8 Å². The lowest BCUT2D eigenvalue weighted by molar-refractivity contribution is -0.118. The first kappa shape index (κ1) is 23.6. The molecule has 33 heavy (non-hydrogen) atoms. The predicted octanol–water partition coefficient (Wildman–Crippen LogP) is 5.88. The summed E-state index contributed by atoms with van der Waals surface area (Å²) >= 11 is 6.09. The lowest BCUT2D eigenvalue weighted by atomic mass is 10.2. The summed E-state index contributed by atoms with van der Waals surface area (Å²) in [6, 6.07) is 13.1. The van der Waals surface area contributed by atoms with Gasteiger partial charge in [0.1, 0.15) is 11.6 Å². The monoisotopic (exact) mass is 468 g/mol. The smallest absolute Gasteiger partial charge is 0.262 e. The van der Waals surface area contributed by atoms with Gasteiger partial charge in [0, 0.05) is 12.2 Å². The van der Waals surface area contributed by atoms with Crippen molar-refractivity contribution >= 4 is 34.2 Å². The Kier molecular flexibility index (Phi) is 8.24. The van der Waals surface area contributed by atoms with Crippen molar-refractivity contribution in [2.24, 2.45) is 0 Å². The van der Waals surface area contributed by atoms with Crippen molar-refractivity contribution in [2.45, 2.75) is 58.5 Å². The van der Waals surface area contributed by atoms with Crippen LogP contribution in [0.4, 0.5) is 5.69 Å². The maximum Gasteiger partial charge on any atom is 0.262 e. The van der Waals surface area contributed by atoms with E-state index < -0.39 is 0 Å². The fourth-order valence-corrected chi connectivity index (χ4v) is 4.53. The molecule has 2 heterocycles. The molecular formula is C26H33ClN4O2. The molecule has 1 fully saturated rings. The summed E-state index contributed by atoms with van der Waals surface area (Å²) in [6.45, 7) is 6.24. The van der Waals surface area contributed by atoms with Crippen molar-refractivity contribution in [2.75, 3.05) is 25.0 Å². The number of amides is 1. The first-order valence-electron chi connectivity index (χ1n) is 12.0. The number of likely N-dealkylation sites (tertiary alicyclic amines) is 1. The highest BCUT2D eigenvalue weighted by atomic mass is 35.5. The zero-order valence-corrected chi connectivity index (χ0v) is 20.1. The van der Waals surface area contributed by atoms with Gasteiger partial charge in [0.15, 0.2) is 6.61 Å². The number of ether oxygens (including phenoxy) is 1. The van der Waals surface area contributed by atoms with Crippen LogP contribution in [0, 0.1) is 0 Å². The Morgan fingerprint density at radius 2 is 1.91 bits per heavy atom. The number of unbranched alkanes of at least 4 members (excludes halogenated alkanes) is 1. The third kappa shape index (κ3) is 6.27. The van der Waals surface area contributed by atoms with Crippen molar-refractivity contribution < 1.29 is 9.53 Å². The quantitative estimate of drug-likeness (QED) is 0.425. The van der Waals surface area contributed by atoms with Crippen LogP contribution < -0.4 is 10.1 Å².